The van der Waals surface area contributed by atoms with Crippen molar-refractivity contribution in [3.05, 3.63) is 76.3 Å². The second-order valence-electron chi connectivity index (χ2n) is 8.93. The molecule has 0 radical (unpaired) electrons. The van der Waals surface area contributed by atoms with Gasteiger partial charge in [-0.05, 0) is 42.2 Å². The zero-order valence-corrected chi connectivity index (χ0v) is 21.8. The number of halogens is 1. The van der Waals surface area contributed by atoms with Gasteiger partial charge in [0.15, 0.2) is 0 Å². The first-order chi connectivity index (χ1) is 16.7. The molecule has 0 atom stereocenters. The van der Waals surface area contributed by atoms with Gasteiger partial charge in [-0.3, -0.25) is 4.79 Å². The lowest BCUT2D eigenvalue weighted by atomic mass is 9.86. The Kier molecular flexibility index (Phi) is 8.52. The average Bonchev–Trinajstić information content (AvgIpc) is 2.83. The molecule has 0 aliphatic heterocycles. The van der Waals surface area contributed by atoms with Gasteiger partial charge in [0.2, 0.25) is 0 Å². The van der Waals surface area contributed by atoms with Crippen LogP contribution in [0.5, 0.6) is 23.0 Å². The number of hydrogen-bond donors (Lipinski definition) is 1. The summed E-state index contributed by atoms with van der Waals surface area (Å²) in [5.41, 5.74) is 2.70. The third-order valence-electron chi connectivity index (χ3n) is 5.42. The molecule has 7 heteroatoms. The van der Waals surface area contributed by atoms with Gasteiger partial charge in [-0.1, -0.05) is 50.6 Å². The second kappa shape index (κ2) is 11.4. The van der Waals surface area contributed by atoms with Gasteiger partial charge in [0.25, 0.3) is 5.91 Å². The molecule has 0 saturated heterocycles. The predicted octanol–water partition coefficient (Wildman–Crippen LogP) is 6.88. The Morgan fingerprint density at radius 3 is 2.26 bits per heavy atom. The molecule has 3 aromatic carbocycles. The van der Waals surface area contributed by atoms with E-state index >= 15 is 0 Å². The minimum absolute atomic E-state index is 0.0697. The van der Waals surface area contributed by atoms with Crippen molar-refractivity contribution in [3.63, 3.8) is 0 Å². The molecule has 0 saturated carbocycles. The van der Waals surface area contributed by atoms with Crippen LogP contribution >= 0.6 is 11.6 Å². The van der Waals surface area contributed by atoms with Gasteiger partial charge in [-0.2, -0.15) is 0 Å². The fourth-order valence-corrected chi connectivity index (χ4v) is 3.88. The molecule has 0 fully saturated rings. The molecule has 0 spiro atoms. The maximum Gasteiger partial charge on any atom is 0.255 e. The zero-order valence-electron chi connectivity index (χ0n) is 21.0. The highest BCUT2D eigenvalue weighted by molar-refractivity contribution is 6.32. The molecular weight excluding hydrogens is 466 g/mol. The van der Waals surface area contributed by atoms with Gasteiger partial charge in [0.1, 0.15) is 29.6 Å². The number of methoxy groups -OCH3 is 2. The van der Waals surface area contributed by atoms with Crippen molar-refractivity contribution in [1.29, 1.82) is 0 Å². The van der Waals surface area contributed by atoms with Crippen LogP contribution in [0.4, 0.5) is 5.69 Å². The summed E-state index contributed by atoms with van der Waals surface area (Å²) in [6.45, 7) is 9.10. The maximum absolute atomic E-state index is 13.1. The summed E-state index contributed by atoms with van der Waals surface area (Å²) in [6.07, 6.45) is 0. The Bertz CT molecular complexity index is 1190. The summed E-state index contributed by atoms with van der Waals surface area (Å²) in [5, 5.41) is 3.26. The monoisotopic (exact) mass is 497 g/mol. The average molecular weight is 498 g/mol. The molecule has 0 aliphatic rings. The van der Waals surface area contributed by atoms with Crippen LogP contribution in [0.1, 0.15) is 49.2 Å². The summed E-state index contributed by atoms with van der Waals surface area (Å²) >= 11 is 6.18. The normalized spacial score (nSPS) is 11.1. The van der Waals surface area contributed by atoms with E-state index in [9.17, 15) is 4.79 Å². The molecule has 0 aromatic heterocycles. The smallest absolute Gasteiger partial charge is 0.255 e. The standard InChI is InChI=1S/C28H32ClNO5/c1-7-34-23-13-12-18(27(31)30-22-16-25(32-5)21(29)15-26(22)33-6)14-19(23)17-35-24-11-9-8-10-20(24)28(2,3)4/h8-16H,7,17H2,1-6H3,(H,30,31). The number of carbonyl (C=O) groups excluding carboxylic acids is 1. The van der Waals surface area contributed by atoms with E-state index in [1.807, 2.05) is 25.1 Å². The van der Waals surface area contributed by atoms with Crippen LogP contribution in [0.2, 0.25) is 5.02 Å². The number of amides is 1. The van der Waals surface area contributed by atoms with E-state index in [1.54, 1.807) is 30.3 Å². The van der Waals surface area contributed by atoms with Gasteiger partial charge < -0.3 is 24.3 Å². The molecular formula is C28H32ClNO5. The number of nitrogens with one attached hydrogen (secondary N) is 1. The van der Waals surface area contributed by atoms with E-state index in [1.165, 1.54) is 14.2 Å². The van der Waals surface area contributed by atoms with Crippen molar-refractivity contribution >= 4 is 23.2 Å². The molecule has 0 aliphatic carbocycles. The molecule has 1 amide bonds. The van der Waals surface area contributed by atoms with E-state index in [2.05, 4.69) is 32.2 Å². The SMILES string of the molecule is CCOc1ccc(C(=O)Nc2cc(OC)c(Cl)cc2OC)cc1COc1ccccc1C(C)(C)C. The van der Waals surface area contributed by atoms with E-state index < -0.39 is 0 Å². The first kappa shape index (κ1) is 26.2. The minimum atomic E-state index is -0.313. The first-order valence-electron chi connectivity index (χ1n) is 11.4. The molecule has 6 nitrogen and oxygen atoms in total. The predicted molar refractivity (Wildman–Crippen MR) is 140 cm³/mol. The van der Waals surface area contributed by atoms with Crippen LogP contribution in [0.3, 0.4) is 0 Å². The van der Waals surface area contributed by atoms with Crippen molar-refractivity contribution < 1.29 is 23.7 Å². The third-order valence-corrected chi connectivity index (χ3v) is 5.72. The number of hydrogen-bond acceptors (Lipinski definition) is 5. The Hall–Kier alpha value is -3.38. The molecule has 35 heavy (non-hydrogen) atoms. The number of rotatable bonds is 9. The fraction of sp³-hybridized carbons (Fsp3) is 0.321. The van der Waals surface area contributed by atoms with Gasteiger partial charge in [0.05, 0.1) is 31.5 Å². The van der Waals surface area contributed by atoms with Gasteiger partial charge >= 0.3 is 0 Å². The van der Waals surface area contributed by atoms with Crippen molar-refractivity contribution in [3.8, 4) is 23.0 Å². The topological polar surface area (TPSA) is 66.0 Å². The highest BCUT2D eigenvalue weighted by atomic mass is 35.5. The lowest BCUT2D eigenvalue weighted by Crippen LogP contribution is -2.15. The van der Waals surface area contributed by atoms with Crippen molar-refractivity contribution in [2.75, 3.05) is 26.1 Å². The molecule has 1 N–H and O–H groups in total. The number of carbonyl (C=O) groups is 1. The van der Waals surface area contributed by atoms with E-state index in [4.69, 9.17) is 30.5 Å². The Morgan fingerprint density at radius 2 is 1.60 bits per heavy atom. The number of benzene rings is 3. The summed E-state index contributed by atoms with van der Waals surface area (Å²) in [7, 11) is 3.02. The summed E-state index contributed by atoms with van der Waals surface area (Å²) < 4.78 is 22.6. The number of ether oxygens (including phenoxy) is 4. The van der Waals surface area contributed by atoms with Gasteiger partial charge in [0, 0.05) is 23.3 Å². The molecule has 3 rings (SSSR count). The van der Waals surface area contributed by atoms with Gasteiger partial charge in [-0.25, -0.2) is 0 Å². The summed E-state index contributed by atoms with van der Waals surface area (Å²) in [6, 6.07) is 16.5. The Labute approximate surface area is 212 Å². The highest BCUT2D eigenvalue weighted by Crippen LogP contribution is 2.36. The Morgan fingerprint density at radius 1 is 0.886 bits per heavy atom. The van der Waals surface area contributed by atoms with E-state index in [0.717, 1.165) is 16.9 Å². The molecule has 0 heterocycles. The quantitative estimate of drug-likeness (QED) is 0.349. The minimum Gasteiger partial charge on any atom is -0.495 e. The van der Waals surface area contributed by atoms with Crippen molar-refractivity contribution in [2.45, 2.75) is 39.7 Å². The Balaban J connectivity index is 1.88. The fourth-order valence-electron chi connectivity index (χ4n) is 3.65. The highest BCUT2D eigenvalue weighted by Gasteiger charge is 2.20. The molecule has 3 aromatic rings. The van der Waals surface area contributed by atoms with E-state index in [0.29, 0.717) is 40.1 Å². The second-order valence-corrected chi connectivity index (χ2v) is 9.34. The maximum atomic E-state index is 13.1. The van der Waals surface area contributed by atoms with Crippen LogP contribution in [0, 0.1) is 0 Å². The van der Waals surface area contributed by atoms with Crippen molar-refractivity contribution in [2.24, 2.45) is 0 Å². The lowest BCUT2D eigenvalue weighted by Gasteiger charge is -2.23. The third kappa shape index (κ3) is 6.40. The van der Waals surface area contributed by atoms with Crippen molar-refractivity contribution in [1.82, 2.24) is 0 Å². The lowest BCUT2D eigenvalue weighted by molar-refractivity contribution is 0.102. The summed E-state index contributed by atoms with van der Waals surface area (Å²) in [5.74, 6) is 2.02. The number of para-hydroxylation sites is 1. The molecule has 0 bridgehead atoms. The molecule has 186 valence electrons. The van der Waals surface area contributed by atoms with Crippen LogP contribution in [-0.2, 0) is 12.0 Å². The number of anilines is 1. The van der Waals surface area contributed by atoms with E-state index in [-0.39, 0.29) is 17.9 Å². The largest absolute Gasteiger partial charge is 0.495 e. The summed E-state index contributed by atoms with van der Waals surface area (Å²) in [4.78, 5) is 13.1. The van der Waals surface area contributed by atoms with Crippen LogP contribution in [0.15, 0.2) is 54.6 Å². The first-order valence-corrected chi connectivity index (χ1v) is 11.8. The van der Waals surface area contributed by atoms with Crippen LogP contribution < -0.4 is 24.3 Å². The van der Waals surface area contributed by atoms with Crippen LogP contribution in [-0.4, -0.2) is 26.7 Å². The zero-order chi connectivity index (χ0) is 25.6. The van der Waals surface area contributed by atoms with Crippen LogP contribution in [0.25, 0.3) is 0 Å². The molecule has 0 unspecified atom stereocenters. The van der Waals surface area contributed by atoms with Gasteiger partial charge in [-0.15, -0.1) is 0 Å².